The van der Waals surface area contributed by atoms with E-state index in [0.29, 0.717) is 5.69 Å². The van der Waals surface area contributed by atoms with Gasteiger partial charge in [0.2, 0.25) is 0 Å². The molecule has 0 amide bonds. The van der Waals surface area contributed by atoms with Gasteiger partial charge in [0.1, 0.15) is 18.0 Å². The van der Waals surface area contributed by atoms with Crippen LogP contribution in [0.25, 0.3) is 0 Å². The van der Waals surface area contributed by atoms with Crippen molar-refractivity contribution in [2.24, 2.45) is 5.73 Å². The lowest BCUT2D eigenvalue weighted by Gasteiger charge is -2.20. The van der Waals surface area contributed by atoms with E-state index in [1.54, 1.807) is 0 Å². The highest BCUT2D eigenvalue weighted by atomic mass is 19.1. The van der Waals surface area contributed by atoms with E-state index in [4.69, 9.17) is 15.9 Å². The first kappa shape index (κ1) is 11.4. The number of aromatic nitrogens is 1. The number of rotatable bonds is 4. The Balaban J connectivity index is 2.84. The normalized spacial score (nSPS) is 14.5. The second-order valence-corrected chi connectivity index (χ2v) is 3.28. The molecule has 0 aliphatic carbocycles. The maximum atomic E-state index is 12.5. The van der Waals surface area contributed by atoms with Crippen molar-refractivity contribution in [3.05, 3.63) is 24.0 Å². The molecule has 0 saturated heterocycles. The van der Waals surface area contributed by atoms with Gasteiger partial charge in [0, 0.05) is 12.1 Å². The third-order valence-electron chi connectivity index (χ3n) is 1.97. The number of nitrogens with zero attached hydrogens (tertiary/aromatic N) is 1. The van der Waals surface area contributed by atoms with E-state index < -0.39 is 18.2 Å². The number of hydrogen-bond acceptors (Lipinski definition) is 4. The minimum absolute atomic E-state index is 0.0445. The Labute approximate surface area is 85.4 Å². The maximum Gasteiger partial charge on any atom is 0.326 e. The standard InChI is InChI=1S/C9H11FN2O3/c10-5-9(11,8(14)15)3-6-1-2-7(13)4-12-6/h1-2,4,13H,3,5,11H2,(H,14,15). The largest absolute Gasteiger partial charge is 0.506 e. The quantitative estimate of drug-likeness (QED) is 0.659. The highest BCUT2D eigenvalue weighted by molar-refractivity contribution is 5.79. The van der Waals surface area contributed by atoms with Crippen molar-refractivity contribution in [2.75, 3.05) is 6.67 Å². The minimum Gasteiger partial charge on any atom is -0.506 e. The summed E-state index contributed by atoms with van der Waals surface area (Å²) in [6.07, 6.45) is 0.926. The van der Waals surface area contributed by atoms with Gasteiger partial charge < -0.3 is 15.9 Å². The number of carbonyl (C=O) groups is 1. The van der Waals surface area contributed by atoms with Gasteiger partial charge in [-0.05, 0) is 12.1 Å². The molecule has 1 atom stereocenters. The van der Waals surface area contributed by atoms with Crippen LogP contribution in [0.2, 0.25) is 0 Å². The first-order valence-corrected chi connectivity index (χ1v) is 4.20. The van der Waals surface area contributed by atoms with Gasteiger partial charge in [-0.25, -0.2) is 4.39 Å². The Morgan fingerprint density at radius 3 is 2.67 bits per heavy atom. The van der Waals surface area contributed by atoms with Gasteiger partial charge in [0.25, 0.3) is 0 Å². The average molecular weight is 214 g/mol. The number of carboxylic acids is 1. The molecule has 15 heavy (non-hydrogen) atoms. The predicted octanol–water partition coefficient (Wildman–Crippen LogP) is 0.0813. The fourth-order valence-electron chi connectivity index (χ4n) is 1.02. The van der Waals surface area contributed by atoms with Crippen LogP contribution >= 0.6 is 0 Å². The van der Waals surface area contributed by atoms with Gasteiger partial charge in [-0.1, -0.05) is 0 Å². The number of aliphatic carboxylic acids is 1. The number of alkyl halides is 1. The second-order valence-electron chi connectivity index (χ2n) is 3.28. The molecule has 5 nitrogen and oxygen atoms in total. The van der Waals surface area contributed by atoms with E-state index >= 15 is 0 Å². The van der Waals surface area contributed by atoms with E-state index in [2.05, 4.69) is 4.98 Å². The van der Waals surface area contributed by atoms with Gasteiger partial charge in [-0.15, -0.1) is 0 Å². The molecule has 1 aromatic heterocycles. The number of carboxylic acid groups (broad SMARTS) is 1. The third kappa shape index (κ3) is 2.63. The molecule has 82 valence electrons. The van der Waals surface area contributed by atoms with Crippen LogP contribution in [-0.4, -0.2) is 33.4 Å². The Kier molecular flexibility index (Phi) is 3.21. The van der Waals surface area contributed by atoms with Gasteiger partial charge in [-0.2, -0.15) is 0 Å². The number of nitrogens with two attached hydrogens (primary N) is 1. The average Bonchev–Trinajstić information content (AvgIpc) is 2.21. The molecule has 4 N–H and O–H groups in total. The lowest BCUT2D eigenvalue weighted by atomic mass is 9.96. The molecule has 1 rings (SSSR count). The molecule has 0 aliphatic rings. The summed E-state index contributed by atoms with van der Waals surface area (Å²) in [6, 6.07) is 2.73. The van der Waals surface area contributed by atoms with Crippen molar-refractivity contribution < 1.29 is 19.4 Å². The summed E-state index contributed by atoms with van der Waals surface area (Å²) in [5.74, 6) is -1.46. The van der Waals surface area contributed by atoms with Crippen molar-refractivity contribution in [1.29, 1.82) is 0 Å². The van der Waals surface area contributed by atoms with Crippen LogP contribution in [0.15, 0.2) is 18.3 Å². The van der Waals surface area contributed by atoms with Crippen molar-refractivity contribution in [3.8, 4) is 5.75 Å². The van der Waals surface area contributed by atoms with E-state index in [-0.39, 0.29) is 12.2 Å². The summed E-state index contributed by atoms with van der Waals surface area (Å²) in [6.45, 7) is -1.18. The lowest BCUT2D eigenvalue weighted by molar-refractivity contribution is -0.144. The van der Waals surface area contributed by atoms with Crippen molar-refractivity contribution in [1.82, 2.24) is 4.98 Å². The molecular weight excluding hydrogens is 203 g/mol. The van der Waals surface area contributed by atoms with Crippen LogP contribution in [0.1, 0.15) is 5.69 Å². The van der Waals surface area contributed by atoms with Crippen LogP contribution in [0.3, 0.4) is 0 Å². The monoisotopic (exact) mass is 214 g/mol. The molecule has 6 heteroatoms. The smallest absolute Gasteiger partial charge is 0.326 e. The molecule has 0 aliphatic heterocycles. The van der Waals surface area contributed by atoms with Gasteiger partial charge in [-0.3, -0.25) is 9.78 Å². The van der Waals surface area contributed by atoms with Crippen LogP contribution in [0.4, 0.5) is 4.39 Å². The summed E-state index contributed by atoms with van der Waals surface area (Å²) in [4.78, 5) is 14.4. The Morgan fingerprint density at radius 2 is 2.27 bits per heavy atom. The molecule has 0 spiro atoms. The fourth-order valence-corrected chi connectivity index (χ4v) is 1.02. The van der Waals surface area contributed by atoms with Crippen LogP contribution in [0.5, 0.6) is 5.75 Å². The fraction of sp³-hybridized carbons (Fsp3) is 0.333. The Hall–Kier alpha value is -1.69. The van der Waals surface area contributed by atoms with Gasteiger partial charge in [0.05, 0.1) is 6.20 Å². The number of aromatic hydroxyl groups is 1. The molecule has 0 fully saturated rings. The number of pyridine rings is 1. The van der Waals surface area contributed by atoms with E-state index in [0.717, 1.165) is 6.20 Å². The summed E-state index contributed by atoms with van der Waals surface area (Å²) >= 11 is 0. The van der Waals surface area contributed by atoms with Crippen molar-refractivity contribution in [2.45, 2.75) is 12.0 Å². The number of hydrogen-bond donors (Lipinski definition) is 3. The Morgan fingerprint density at radius 1 is 1.60 bits per heavy atom. The zero-order valence-corrected chi connectivity index (χ0v) is 7.85. The zero-order valence-electron chi connectivity index (χ0n) is 7.85. The molecule has 1 heterocycles. The molecule has 1 unspecified atom stereocenters. The van der Waals surface area contributed by atoms with Crippen molar-refractivity contribution in [3.63, 3.8) is 0 Å². The highest BCUT2D eigenvalue weighted by Gasteiger charge is 2.34. The maximum absolute atomic E-state index is 12.5. The summed E-state index contributed by atoms with van der Waals surface area (Å²) in [5.41, 5.74) is 3.69. The molecule has 1 aromatic rings. The van der Waals surface area contributed by atoms with Crippen LogP contribution < -0.4 is 5.73 Å². The molecule has 0 radical (unpaired) electrons. The summed E-state index contributed by atoms with van der Waals surface area (Å²) in [5, 5.41) is 17.6. The molecular formula is C9H11FN2O3. The second kappa shape index (κ2) is 4.22. The predicted molar refractivity (Wildman–Crippen MR) is 50.1 cm³/mol. The first-order chi connectivity index (χ1) is 6.98. The van der Waals surface area contributed by atoms with Gasteiger partial charge >= 0.3 is 5.97 Å². The number of halogens is 1. The topological polar surface area (TPSA) is 96.4 Å². The minimum atomic E-state index is -1.95. The van der Waals surface area contributed by atoms with Crippen LogP contribution in [-0.2, 0) is 11.2 Å². The third-order valence-corrected chi connectivity index (χ3v) is 1.97. The zero-order chi connectivity index (χ0) is 11.5. The van der Waals surface area contributed by atoms with E-state index in [9.17, 15) is 9.18 Å². The molecule has 0 saturated carbocycles. The van der Waals surface area contributed by atoms with Crippen LogP contribution in [0, 0.1) is 0 Å². The molecule has 0 aromatic carbocycles. The highest BCUT2D eigenvalue weighted by Crippen LogP contribution is 2.13. The van der Waals surface area contributed by atoms with Gasteiger partial charge in [0.15, 0.2) is 0 Å². The van der Waals surface area contributed by atoms with E-state index in [1.807, 2.05) is 0 Å². The SMILES string of the molecule is NC(CF)(Cc1ccc(O)cn1)C(=O)O. The lowest BCUT2D eigenvalue weighted by Crippen LogP contribution is -2.52. The van der Waals surface area contributed by atoms with Crippen molar-refractivity contribution >= 4 is 5.97 Å². The van der Waals surface area contributed by atoms with E-state index in [1.165, 1.54) is 12.1 Å². The Bertz CT molecular complexity index is 355. The molecule has 0 bridgehead atoms. The summed E-state index contributed by atoms with van der Waals surface area (Å²) < 4.78 is 12.5. The first-order valence-electron chi connectivity index (χ1n) is 4.20. The summed E-state index contributed by atoms with van der Waals surface area (Å²) in [7, 11) is 0.